The number of fused-ring (bicyclic) bond motifs is 1. The topological polar surface area (TPSA) is 22.0 Å². The number of aromatic nitrogens is 1. The summed E-state index contributed by atoms with van der Waals surface area (Å²) in [5.74, 6) is -2.21. The molecular weight excluding hydrogens is 339 g/mol. The lowest BCUT2D eigenvalue weighted by atomic mass is 10.1. The molecule has 0 spiro atoms. The zero-order chi connectivity index (χ0) is 18.7. The van der Waals surface area contributed by atoms with Crippen molar-refractivity contribution in [2.24, 2.45) is 0 Å². The van der Waals surface area contributed by atoms with Gasteiger partial charge in [-0.3, -0.25) is 4.79 Å². The Hall–Kier alpha value is -2.82. The van der Waals surface area contributed by atoms with E-state index in [4.69, 9.17) is 0 Å². The fourth-order valence-corrected chi connectivity index (χ4v) is 2.98. The minimum Gasteiger partial charge on any atom is -0.345 e. The van der Waals surface area contributed by atoms with Gasteiger partial charge in [-0.05, 0) is 61.4 Å². The van der Waals surface area contributed by atoms with Gasteiger partial charge in [0.05, 0.1) is 0 Å². The lowest BCUT2D eigenvalue weighted by Crippen LogP contribution is -2.02. The van der Waals surface area contributed by atoms with Gasteiger partial charge in [0, 0.05) is 29.6 Å². The van der Waals surface area contributed by atoms with E-state index in [1.165, 1.54) is 30.4 Å². The fourth-order valence-electron chi connectivity index (χ4n) is 2.98. The number of ketones is 1. The van der Waals surface area contributed by atoms with Gasteiger partial charge in [0.2, 0.25) is 0 Å². The Balaban J connectivity index is 1.59. The quantitative estimate of drug-likeness (QED) is 0.539. The lowest BCUT2D eigenvalue weighted by molar-refractivity contribution is -0.114. The van der Waals surface area contributed by atoms with Crippen LogP contribution in [0.1, 0.15) is 24.1 Å². The largest absolute Gasteiger partial charge is 0.345 e. The molecule has 26 heavy (non-hydrogen) atoms. The highest BCUT2D eigenvalue weighted by Crippen LogP contribution is 2.21. The van der Waals surface area contributed by atoms with Crippen molar-refractivity contribution in [2.75, 3.05) is 0 Å². The second-order valence-corrected chi connectivity index (χ2v) is 6.22. The fraction of sp³-hybridized carbons (Fsp3) is 0.190. The third-order valence-corrected chi connectivity index (χ3v) is 4.28. The van der Waals surface area contributed by atoms with Crippen LogP contribution in [-0.4, -0.2) is 10.4 Å². The van der Waals surface area contributed by atoms with E-state index in [0.29, 0.717) is 24.9 Å². The molecule has 0 atom stereocenters. The third kappa shape index (κ3) is 4.04. The molecule has 0 radical (unpaired) electrons. The van der Waals surface area contributed by atoms with Gasteiger partial charge < -0.3 is 4.57 Å². The number of nitrogens with zero attached hydrogens (tertiary/aromatic N) is 1. The zero-order valence-electron chi connectivity index (χ0n) is 14.3. The summed E-state index contributed by atoms with van der Waals surface area (Å²) in [6.07, 6.45) is 3.82. The molecule has 0 bridgehead atoms. The summed E-state index contributed by atoms with van der Waals surface area (Å²) in [5, 5.41) is 0.840. The normalized spacial score (nSPS) is 11.5. The average molecular weight is 357 g/mol. The highest BCUT2D eigenvalue weighted by molar-refractivity contribution is 5.93. The Morgan fingerprint density at radius 2 is 1.85 bits per heavy atom. The van der Waals surface area contributed by atoms with E-state index < -0.39 is 11.6 Å². The Labute approximate surface area is 149 Å². The molecule has 134 valence electrons. The van der Waals surface area contributed by atoms with E-state index >= 15 is 0 Å². The first kappa shape index (κ1) is 18.0. The standard InChI is InChI=1S/C21H18F3NO/c1-14-11-16-13-17(22)6-9-21(16)25(14)10-2-3-18(26)7-4-15-5-8-19(23)20(24)12-15/h4-9,11-13H,2-3,10H2,1H3/b7-4+. The summed E-state index contributed by atoms with van der Waals surface area (Å²) >= 11 is 0. The van der Waals surface area contributed by atoms with Gasteiger partial charge in [-0.25, -0.2) is 13.2 Å². The van der Waals surface area contributed by atoms with Crippen LogP contribution < -0.4 is 0 Å². The molecule has 3 rings (SSSR count). The number of rotatable bonds is 6. The molecule has 3 aromatic rings. The van der Waals surface area contributed by atoms with Gasteiger partial charge in [-0.15, -0.1) is 0 Å². The first-order valence-electron chi connectivity index (χ1n) is 8.35. The van der Waals surface area contributed by atoms with E-state index in [1.54, 1.807) is 6.07 Å². The van der Waals surface area contributed by atoms with Gasteiger partial charge in [-0.1, -0.05) is 12.1 Å². The number of halogens is 3. The minimum absolute atomic E-state index is 0.0881. The predicted octanol–water partition coefficient (Wildman–Crippen LogP) is 5.43. The van der Waals surface area contributed by atoms with Crippen LogP contribution in [0.15, 0.2) is 48.5 Å². The molecule has 1 aromatic heterocycles. The lowest BCUT2D eigenvalue weighted by Gasteiger charge is -2.07. The molecule has 0 saturated heterocycles. The number of aryl methyl sites for hydroxylation is 2. The van der Waals surface area contributed by atoms with Crippen molar-refractivity contribution in [1.29, 1.82) is 0 Å². The molecule has 0 aliphatic rings. The number of hydrogen-bond donors (Lipinski definition) is 0. The van der Waals surface area contributed by atoms with Crippen LogP contribution in [0.5, 0.6) is 0 Å². The summed E-state index contributed by atoms with van der Waals surface area (Å²) < 4.78 is 41.4. The van der Waals surface area contributed by atoms with Gasteiger partial charge in [0.25, 0.3) is 0 Å². The maximum Gasteiger partial charge on any atom is 0.159 e. The summed E-state index contributed by atoms with van der Waals surface area (Å²) in [6, 6.07) is 10.1. The van der Waals surface area contributed by atoms with E-state index in [1.807, 2.05) is 13.0 Å². The van der Waals surface area contributed by atoms with Crippen molar-refractivity contribution in [2.45, 2.75) is 26.3 Å². The zero-order valence-corrected chi connectivity index (χ0v) is 14.3. The van der Waals surface area contributed by atoms with E-state index in [0.717, 1.165) is 28.7 Å². The van der Waals surface area contributed by atoms with Crippen LogP contribution in [0.25, 0.3) is 17.0 Å². The smallest absolute Gasteiger partial charge is 0.159 e. The van der Waals surface area contributed by atoms with Crippen molar-refractivity contribution in [3.05, 3.63) is 77.2 Å². The molecule has 5 heteroatoms. The van der Waals surface area contributed by atoms with Crippen molar-refractivity contribution in [1.82, 2.24) is 4.57 Å². The van der Waals surface area contributed by atoms with E-state index in [2.05, 4.69) is 4.57 Å². The van der Waals surface area contributed by atoms with Crippen LogP contribution >= 0.6 is 0 Å². The highest BCUT2D eigenvalue weighted by atomic mass is 19.2. The molecule has 0 unspecified atom stereocenters. The Morgan fingerprint density at radius 1 is 1.04 bits per heavy atom. The Morgan fingerprint density at radius 3 is 2.62 bits per heavy atom. The molecule has 0 amide bonds. The third-order valence-electron chi connectivity index (χ3n) is 4.28. The number of benzene rings is 2. The van der Waals surface area contributed by atoms with Crippen molar-refractivity contribution in [3.63, 3.8) is 0 Å². The molecular formula is C21H18F3NO. The molecule has 0 aliphatic heterocycles. The monoisotopic (exact) mass is 357 g/mol. The first-order chi connectivity index (χ1) is 12.4. The number of allylic oxidation sites excluding steroid dienone is 1. The molecule has 0 saturated carbocycles. The number of carbonyl (C=O) groups is 1. The SMILES string of the molecule is Cc1cc2cc(F)ccc2n1CCCC(=O)/C=C/c1ccc(F)c(F)c1. The van der Waals surface area contributed by atoms with Gasteiger partial charge in [0.15, 0.2) is 17.4 Å². The van der Waals surface area contributed by atoms with Gasteiger partial charge in [0.1, 0.15) is 5.82 Å². The Kier molecular flexibility index (Phi) is 5.26. The second-order valence-electron chi connectivity index (χ2n) is 6.22. The molecule has 1 heterocycles. The maximum atomic E-state index is 13.3. The van der Waals surface area contributed by atoms with E-state index in [-0.39, 0.29) is 11.6 Å². The van der Waals surface area contributed by atoms with E-state index in [9.17, 15) is 18.0 Å². The van der Waals surface area contributed by atoms with Gasteiger partial charge >= 0.3 is 0 Å². The number of hydrogen-bond acceptors (Lipinski definition) is 1. The van der Waals surface area contributed by atoms with Crippen molar-refractivity contribution in [3.8, 4) is 0 Å². The first-order valence-corrected chi connectivity index (χ1v) is 8.35. The highest BCUT2D eigenvalue weighted by Gasteiger charge is 2.07. The number of carbonyl (C=O) groups excluding carboxylic acids is 1. The summed E-state index contributed by atoms with van der Waals surface area (Å²) in [5.41, 5.74) is 2.38. The second kappa shape index (κ2) is 7.60. The van der Waals surface area contributed by atoms with Crippen molar-refractivity contribution >= 4 is 22.8 Å². The van der Waals surface area contributed by atoms with Crippen LogP contribution in [0.4, 0.5) is 13.2 Å². The molecule has 0 fully saturated rings. The summed E-state index contributed by atoms with van der Waals surface area (Å²) in [6.45, 7) is 2.59. The van der Waals surface area contributed by atoms with Crippen molar-refractivity contribution < 1.29 is 18.0 Å². The summed E-state index contributed by atoms with van der Waals surface area (Å²) in [4.78, 5) is 12.0. The van der Waals surface area contributed by atoms with Crippen LogP contribution in [0.3, 0.4) is 0 Å². The summed E-state index contributed by atoms with van der Waals surface area (Å²) in [7, 11) is 0. The molecule has 0 aliphatic carbocycles. The maximum absolute atomic E-state index is 13.3. The molecule has 2 nitrogen and oxygen atoms in total. The van der Waals surface area contributed by atoms with Crippen LogP contribution in [0, 0.1) is 24.4 Å². The molecule has 0 N–H and O–H groups in total. The van der Waals surface area contributed by atoms with Crippen LogP contribution in [0.2, 0.25) is 0 Å². The molecule has 2 aromatic carbocycles. The predicted molar refractivity (Wildman–Crippen MR) is 96.3 cm³/mol. The Bertz CT molecular complexity index is 988. The van der Waals surface area contributed by atoms with Gasteiger partial charge in [-0.2, -0.15) is 0 Å². The average Bonchev–Trinajstić information content (AvgIpc) is 2.90. The minimum atomic E-state index is -0.939. The van der Waals surface area contributed by atoms with Crippen LogP contribution in [-0.2, 0) is 11.3 Å².